The minimum atomic E-state index is 0.346. The highest BCUT2D eigenvalue weighted by Gasteiger charge is 2.44. The lowest BCUT2D eigenvalue weighted by Crippen LogP contribution is -2.23. The first-order valence-electron chi connectivity index (χ1n) is 7.14. The number of benzene rings is 1. The first kappa shape index (κ1) is 12.2. The van der Waals surface area contributed by atoms with Gasteiger partial charge in [0, 0.05) is 18.6 Å². The summed E-state index contributed by atoms with van der Waals surface area (Å²) in [5.41, 5.74) is 3.28. The van der Waals surface area contributed by atoms with Crippen molar-refractivity contribution in [1.29, 1.82) is 0 Å². The Bertz CT molecular complexity index is 388. The third-order valence-electron chi connectivity index (χ3n) is 4.48. The lowest BCUT2D eigenvalue weighted by Gasteiger charge is -2.16. The summed E-state index contributed by atoms with van der Waals surface area (Å²) in [6.07, 6.45) is 6.40. The SMILES string of the molecule is COCC1(c2ccc(CC3CCCN3)cc2)CC1. The van der Waals surface area contributed by atoms with Gasteiger partial charge < -0.3 is 10.1 Å². The Kier molecular flexibility index (Phi) is 3.40. The van der Waals surface area contributed by atoms with Gasteiger partial charge in [0.1, 0.15) is 0 Å². The third-order valence-corrected chi connectivity index (χ3v) is 4.48. The van der Waals surface area contributed by atoms with Crippen LogP contribution in [0.1, 0.15) is 36.8 Å². The summed E-state index contributed by atoms with van der Waals surface area (Å²) in [6.45, 7) is 2.07. The maximum atomic E-state index is 5.35. The second kappa shape index (κ2) is 5.02. The number of rotatable bonds is 5. The zero-order valence-electron chi connectivity index (χ0n) is 11.2. The lowest BCUT2D eigenvalue weighted by molar-refractivity contribution is 0.171. The Balaban J connectivity index is 1.65. The summed E-state index contributed by atoms with van der Waals surface area (Å²) in [5.74, 6) is 0. The predicted molar refractivity (Wildman–Crippen MR) is 74.0 cm³/mol. The van der Waals surface area contributed by atoms with E-state index in [1.807, 2.05) is 0 Å². The van der Waals surface area contributed by atoms with Gasteiger partial charge in [-0.3, -0.25) is 0 Å². The van der Waals surface area contributed by atoms with E-state index < -0.39 is 0 Å². The number of hydrogen-bond donors (Lipinski definition) is 1. The van der Waals surface area contributed by atoms with Gasteiger partial charge in [-0.15, -0.1) is 0 Å². The van der Waals surface area contributed by atoms with E-state index in [-0.39, 0.29) is 0 Å². The maximum absolute atomic E-state index is 5.35. The van der Waals surface area contributed by atoms with Crippen LogP contribution in [0.3, 0.4) is 0 Å². The van der Waals surface area contributed by atoms with Gasteiger partial charge in [-0.25, -0.2) is 0 Å². The molecule has 0 spiro atoms. The molecule has 0 amide bonds. The number of ether oxygens (including phenoxy) is 1. The highest BCUT2D eigenvalue weighted by atomic mass is 16.5. The van der Waals surface area contributed by atoms with Crippen LogP contribution in [-0.2, 0) is 16.6 Å². The van der Waals surface area contributed by atoms with Crippen LogP contribution in [0.25, 0.3) is 0 Å². The summed E-state index contributed by atoms with van der Waals surface area (Å²) in [5, 5.41) is 3.56. The molecule has 98 valence electrons. The van der Waals surface area contributed by atoms with Gasteiger partial charge in [0.15, 0.2) is 0 Å². The Labute approximate surface area is 110 Å². The van der Waals surface area contributed by atoms with Gasteiger partial charge >= 0.3 is 0 Å². The largest absolute Gasteiger partial charge is 0.384 e. The van der Waals surface area contributed by atoms with E-state index in [0.29, 0.717) is 11.5 Å². The zero-order valence-corrected chi connectivity index (χ0v) is 11.2. The highest BCUT2D eigenvalue weighted by molar-refractivity contribution is 5.34. The summed E-state index contributed by atoms with van der Waals surface area (Å²) < 4.78 is 5.35. The van der Waals surface area contributed by atoms with Gasteiger partial charge in [0.05, 0.1) is 6.61 Å². The van der Waals surface area contributed by atoms with Crippen LogP contribution in [-0.4, -0.2) is 26.3 Å². The Morgan fingerprint density at radius 1 is 1.28 bits per heavy atom. The van der Waals surface area contributed by atoms with Crippen molar-refractivity contribution in [3.05, 3.63) is 35.4 Å². The Morgan fingerprint density at radius 2 is 2.06 bits per heavy atom. The minimum Gasteiger partial charge on any atom is -0.384 e. The molecule has 2 heteroatoms. The molecule has 2 fully saturated rings. The number of nitrogens with one attached hydrogen (secondary N) is 1. The van der Waals surface area contributed by atoms with Crippen molar-refractivity contribution < 1.29 is 4.74 Å². The molecule has 1 unspecified atom stereocenters. The normalized spacial score (nSPS) is 25.3. The molecule has 0 aromatic heterocycles. The van der Waals surface area contributed by atoms with Crippen LogP contribution in [0.2, 0.25) is 0 Å². The highest BCUT2D eigenvalue weighted by Crippen LogP contribution is 2.48. The van der Waals surface area contributed by atoms with E-state index in [9.17, 15) is 0 Å². The van der Waals surface area contributed by atoms with Crippen molar-refractivity contribution in [2.75, 3.05) is 20.3 Å². The molecule has 2 nitrogen and oxygen atoms in total. The molecule has 1 heterocycles. The second-order valence-corrected chi connectivity index (χ2v) is 5.91. The molecule has 1 aliphatic heterocycles. The molecule has 2 aliphatic rings. The third kappa shape index (κ3) is 2.45. The first-order valence-corrected chi connectivity index (χ1v) is 7.14. The molecule has 1 N–H and O–H groups in total. The van der Waals surface area contributed by atoms with Crippen molar-refractivity contribution in [2.45, 2.75) is 43.6 Å². The molecule has 1 aromatic carbocycles. The van der Waals surface area contributed by atoms with Crippen LogP contribution in [0.4, 0.5) is 0 Å². The topological polar surface area (TPSA) is 21.3 Å². The van der Waals surface area contributed by atoms with Crippen molar-refractivity contribution in [2.24, 2.45) is 0 Å². The second-order valence-electron chi connectivity index (χ2n) is 5.91. The van der Waals surface area contributed by atoms with E-state index in [2.05, 4.69) is 29.6 Å². The first-order chi connectivity index (χ1) is 8.82. The molecule has 1 saturated heterocycles. The van der Waals surface area contributed by atoms with Crippen molar-refractivity contribution >= 4 is 0 Å². The maximum Gasteiger partial charge on any atom is 0.0559 e. The smallest absolute Gasteiger partial charge is 0.0559 e. The van der Waals surface area contributed by atoms with Gasteiger partial charge in [0.25, 0.3) is 0 Å². The molecule has 0 bridgehead atoms. The van der Waals surface area contributed by atoms with Gasteiger partial charge in [0.2, 0.25) is 0 Å². The van der Waals surface area contributed by atoms with Gasteiger partial charge in [-0.1, -0.05) is 24.3 Å². The van der Waals surface area contributed by atoms with E-state index in [0.717, 1.165) is 6.61 Å². The van der Waals surface area contributed by atoms with Gasteiger partial charge in [-0.05, 0) is 49.8 Å². The monoisotopic (exact) mass is 245 g/mol. The van der Waals surface area contributed by atoms with Gasteiger partial charge in [-0.2, -0.15) is 0 Å². The Hall–Kier alpha value is -0.860. The van der Waals surface area contributed by atoms with Crippen LogP contribution in [0.5, 0.6) is 0 Å². The molecule has 1 aliphatic carbocycles. The molecule has 0 radical (unpaired) electrons. The number of methoxy groups -OCH3 is 1. The van der Waals surface area contributed by atoms with E-state index in [1.165, 1.54) is 49.8 Å². The lowest BCUT2D eigenvalue weighted by atomic mass is 9.94. The fourth-order valence-electron chi connectivity index (χ4n) is 3.15. The van der Waals surface area contributed by atoms with Crippen molar-refractivity contribution in [1.82, 2.24) is 5.32 Å². The molecule has 18 heavy (non-hydrogen) atoms. The molecular formula is C16H23NO. The molecule has 1 saturated carbocycles. The fourth-order valence-corrected chi connectivity index (χ4v) is 3.15. The molecular weight excluding hydrogens is 222 g/mol. The zero-order chi connectivity index (χ0) is 12.4. The molecule has 3 rings (SSSR count). The quantitative estimate of drug-likeness (QED) is 0.861. The Morgan fingerprint density at radius 3 is 2.61 bits per heavy atom. The van der Waals surface area contributed by atoms with E-state index in [1.54, 1.807) is 7.11 Å². The van der Waals surface area contributed by atoms with Crippen molar-refractivity contribution in [3.8, 4) is 0 Å². The average molecular weight is 245 g/mol. The fraction of sp³-hybridized carbons (Fsp3) is 0.625. The summed E-state index contributed by atoms with van der Waals surface area (Å²) in [6, 6.07) is 9.95. The average Bonchev–Trinajstić information content (AvgIpc) is 2.99. The summed E-state index contributed by atoms with van der Waals surface area (Å²) in [7, 11) is 1.81. The summed E-state index contributed by atoms with van der Waals surface area (Å²) >= 11 is 0. The standard InChI is InChI=1S/C16H23NO/c1-18-12-16(8-9-16)14-6-4-13(5-7-14)11-15-3-2-10-17-15/h4-7,15,17H,2-3,8-12H2,1H3. The van der Waals surface area contributed by atoms with Crippen LogP contribution < -0.4 is 5.32 Å². The molecule has 1 atom stereocenters. The van der Waals surface area contributed by atoms with Crippen molar-refractivity contribution in [3.63, 3.8) is 0 Å². The van der Waals surface area contributed by atoms with E-state index in [4.69, 9.17) is 4.74 Å². The molecule has 1 aromatic rings. The van der Waals surface area contributed by atoms with E-state index >= 15 is 0 Å². The van der Waals surface area contributed by atoms with Crippen LogP contribution in [0, 0.1) is 0 Å². The predicted octanol–water partition coefficient (Wildman–Crippen LogP) is 2.66. The van der Waals surface area contributed by atoms with Crippen LogP contribution >= 0.6 is 0 Å². The minimum absolute atomic E-state index is 0.346. The number of hydrogen-bond acceptors (Lipinski definition) is 2. The van der Waals surface area contributed by atoms with Crippen LogP contribution in [0.15, 0.2) is 24.3 Å². The summed E-state index contributed by atoms with van der Waals surface area (Å²) in [4.78, 5) is 0.